The average Bonchev–Trinajstić information content (AvgIpc) is 2.45. The Morgan fingerprint density at radius 2 is 1.95 bits per heavy atom. The fraction of sp³-hybridized carbons (Fsp3) is 0.0714. The summed E-state index contributed by atoms with van der Waals surface area (Å²) in [7, 11) is 1.20. The van der Waals surface area contributed by atoms with Crippen LogP contribution in [0.25, 0.3) is 11.1 Å². The molecule has 0 amide bonds. The normalized spacial score (nSPS) is 10.1. The van der Waals surface area contributed by atoms with E-state index in [0.29, 0.717) is 11.1 Å². The van der Waals surface area contributed by atoms with E-state index in [9.17, 15) is 14.0 Å². The SMILES string of the molecule is COC(=O)c1cc(F)cc(-c2ccc(C(=O)O)nc2)c1. The van der Waals surface area contributed by atoms with Gasteiger partial charge in [-0.2, -0.15) is 0 Å². The van der Waals surface area contributed by atoms with Gasteiger partial charge in [0.15, 0.2) is 0 Å². The van der Waals surface area contributed by atoms with Crippen LogP contribution >= 0.6 is 0 Å². The zero-order valence-corrected chi connectivity index (χ0v) is 10.5. The average molecular weight is 275 g/mol. The van der Waals surface area contributed by atoms with Crippen LogP contribution in [-0.2, 0) is 4.74 Å². The molecule has 102 valence electrons. The molecule has 0 fully saturated rings. The lowest BCUT2D eigenvalue weighted by molar-refractivity contribution is 0.0599. The van der Waals surface area contributed by atoms with Gasteiger partial charge in [0.25, 0.3) is 0 Å². The van der Waals surface area contributed by atoms with Crippen LogP contribution in [0, 0.1) is 5.82 Å². The van der Waals surface area contributed by atoms with E-state index >= 15 is 0 Å². The summed E-state index contributed by atoms with van der Waals surface area (Å²) < 4.78 is 18.0. The van der Waals surface area contributed by atoms with Crippen molar-refractivity contribution in [2.75, 3.05) is 7.11 Å². The second-order valence-electron chi connectivity index (χ2n) is 3.96. The Balaban J connectivity index is 2.44. The number of carbonyl (C=O) groups is 2. The second kappa shape index (κ2) is 5.48. The van der Waals surface area contributed by atoms with Gasteiger partial charge in [0.2, 0.25) is 0 Å². The number of carboxylic acid groups (broad SMARTS) is 1. The fourth-order valence-electron chi connectivity index (χ4n) is 1.68. The Kier molecular flexibility index (Phi) is 3.74. The predicted octanol–water partition coefficient (Wildman–Crippen LogP) is 2.37. The van der Waals surface area contributed by atoms with Crippen molar-refractivity contribution < 1.29 is 23.8 Å². The third-order valence-electron chi connectivity index (χ3n) is 2.63. The van der Waals surface area contributed by atoms with Crippen molar-refractivity contribution in [1.29, 1.82) is 0 Å². The highest BCUT2D eigenvalue weighted by molar-refractivity contribution is 5.91. The number of esters is 1. The number of carbonyl (C=O) groups excluding carboxylic acids is 1. The molecule has 1 N–H and O–H groups in total. The van der Waals surface area contributed by atoms with Crippen molar-refractivity contribution in [3.05, 3.63) is 53.6 Å². The Morgan fingerprint density at radius 3 is 2.50 bits per heavy atom. The van der Waals surface area contributed by atoms with Crippen LogP contribution < -0.4 is 0 Å². The van der Waals surface area contributed by atoms with Gasteiger partial charge in [-0.25, -0.2) is 19.0 Å². The molecule has 20 heavy (non-hydrogen) atoms. The van der Waals surface area contributed by atoms with Gasteiger partial charge in [0.1, 0.15) is 11.5 Å². The van der Waals surface area contributed by atoms with Gasteiger partial charge in [0.05, 0.1) is 12.7 Å². The van der Waals surface area contributed by atoms with Gasteiger partial charge in [-0.1, -0.05) is 6.07 Å². The zero-order valence-electron chi connectivity index (χ0n) is 10.5. The molecule has 1 aromatic carbocycles. The molecule has 2 aromatic rings. The standard InChI is InChI=1S/C14H10FNO4/c1-20-14(19)10-4-9(5-11(15)6-10)8-2-3-12(13(17)18)16-7-8/h2-7H,1H3,(H,17,18). The Hall–Kier alpha value is -2.76. The van der Waals surface area contributed by atoms with Crippen LogP contribution in [0.15, 0.2) is 36.5 Å². The molecule has 0 aliphatic rings. The second-order valence-corrected chi connectivity index (χ2v) is 3.96. The molecule has 0 saturated carbocycles. The van der Waals surface area contributed by atoms with Crippen LogP contribution in [0.2, 0.25) is 0 Å². The van der Waals surface area contributed by atoms with Gasteiger partial charge < -0.3 is 9.84 Å². The van der Waals surface area contributed by atoms with E-state index in [0.717, 1.165) is 6.07 Å². The minimum absolute atomic E-state index is 0.0739. The smallest absolute Gasteiger partial charge is 0.354 e. The fourth-order valence-corrected chi connectivity index (χ4v) is 1.68. The summed E-state index contributed by atoms with van der Waals surface area (Å²) in [5.74, 6) is -2.39. The molecule has 2 rings (SSSR count). The summed E-state index contributed by atoms with van der Waals surface area (Å²) in [6.07, 6.45) is 1.30. The number of ether oxygens (including phenoxy) is 1. The minimum Gasteiger partial charge on any atom is -0.477 e. The third kappa shape index (κ3) is 2.80. The highest BCUT2D eigenvalue weighted by atomic mass is 19.1. The molecule has 0 aliphatic heterocycles. The molecule has 0 atom stereocenters. The summed E-state index contributed by atoms with van der Waals surface area (Å²) in [6, 6.07) is 6.54. The number of aromatic nitrogens is 1. The van der Waals surface area contributed by atoms with Gasteiger partial charge in [-0.3, -0.25) is 0 Å². The van der Waals surface area contributed by atoms with E-state index in [1.54, 1.807) is 0 Å². The highest BCUT2D eigenvalue weighted by Gasteiger charge is 2.11. The lowest BCUT2D eigenvalue weighted by Crippen LogP contribution is -2.02. The number of pyridine rings is 1. The van der Waals surface area contributed by atoms with Crippen LogP contribution in [0.5, 0.6) is 0 Å². The summed E-state index contributed by atoms with van der Waals surface area (Å²) >= 11 is 0. The first-order valence-electron chi connectivity index (χ1n) is 5.60. The van der Waals surface area contributed by atoms with Crippen molar-refractivity contribution in [2.24, 2.45) is 0 Å². The van der Waals surface area contributed by atoms with Crippen molar-refractivity contribution in [3.8, 4) is 11.1 Å². The van der Waals surface area contributed by atoms with Gasteiger partial charge in [-0.15, -0.1) is 0 Å². The predicted molar refractivity (Wildman–Crippen MR) is 67.9 cm³/mol. The van der Waals surface area contributed by atoms with E-state index in [1.165, 1.54) is 37.6 Å². The number of hydrogen-bond donors (Lipinski definition) is 1. The molecular formula is C14H10FNO4. The van der Waals surface area contributed by atoms with Crippen LogP contribution in [-0.4, -0.2) is 29.1 Å². The molecule has 0 radical (unpaired) electrons. The quantitative estimate of drug-likeness (QED) is 0.870. The van der Waals surface area contributed by atoms with Gasteiger partial charge in [0, 0.05) is 11.8 Å². The first-order chi connectivity index (χ1) is 9.51. The summed E-state index contributed by atoms with van der Waals surface area (Å²) in [6.45, 7) is 0. The van der Waals surface area contributed by atoms with Gasteiger partial charge >= 0.3 is 11.9 Å². The van der Waals surface area contributed by atoms with Crippen molar-refractivity contribution in [2.45, 2.75) is 0 Å². The number of methoxy groups -OCH3 is 1. The molecule has 0 bridgehead atoms. The molecule has 5 nitrogen and oxygen atoms in total. The number of halogens is 1. The van der Waals surface area contributed by atoms with Crippen LogP contribution in [0.4, 0.5) is 4.39 Å². The Bertz CT molecular complexity index is 667. The van der Waals surface area contributed by atoms with E-state index in [2.05, 4.69) is 9.72 Å². The zero-order chi connectivity index (χ0) is 14.7. The number of nitrogens with zero attached hydrogens (tertiary/aromatic N) is 1. The topological polar surface area (TPSA) is 76.5 Å². The molecule has 0 aliphatic carbocycles. The first kappa shape index (κ1) is 13.7. The molecule has 0 unspecified atom stereocenters. The summed E-state index contributed by atoms with van der Waals surface area (Å²) in [4.78, 5) is 25.9. The monoisotopic (exact) mass is 275 g/mol. The molecule has 1 heterocycles. The molecule has 0 saturated heterocycles. The van der Waals surface area contributed by atoms with E-state index in [-0.39, 0.29) is 11.3 Å². The number of hydrogen-bond acceptors (Lipinski definition) is 4. The maximum Gasteiger partial charge on any atom is 0.354 e. The van der Waals surface area contributed by atoms with Crippen LogP contribution in [0.3, 0.4) is 0 Å². The lowest BCUT2D eigenvalue weighted by Gasteiger charge is -2.05. The maximum absolute atomic E-state index is 13.5. The summed E-state index contributed by atoms with van der Waals surface area (Å²) in [5, 5.41) is 8.76. The van der Waals surface area contributed by atoms with E-state index < -0.39 is 17.8 Å². The Morgan fingerprint density at radius 1 is 1.20 bits per heavy atom. The number of rotatable bonds is 3. The number of aromatic carboxylic acids is 1. The van der Waals surface area contributed by atoms with Crippen molar-refractivity contribution in [3.63, 3.8) is 0 Å². The van der Waals surface area contributed by atoms with Gasteiger partial charge in [-0.05, 0) is 29.8 Å². The lowest BCUT2D eigenvalue weighted by atomic mass is 10.0. The number of carboxylic acids is 1. The largest absolute Gasteiger partial charge is 0.477 e. The minimum atomic E-state index is -1.15. The van der Waals surface area contributed by atoms with Crippen molar-refractivity contribution in [1.82, 2.24) is 4.98 Å². The van der Waals surface area contributed by atoms with Crippen LogP contribution in [0.1, 0.15) is 20.8 Å². The maximum atomic E-state index is 13.5. The highest BCUT2D eigenvalue weighted by Crippen LogP contribution is 2.22. The molecule has 1 aromatic heterocycles. The molecule has 0 spiro atoms. The summed E-state index contributed by atoms with van der Waals surface area (Å²) in [5.41, 5.74) is 0.873. The van der Waals surface area contributed by atoms with Crippen molar-refractivity contribution >= 4 is 11.9 Å². The number of benzene rings is 1. The Labute approximate surface area is 113 Å². The molecular weight excluding hydrogens is 265 g/mol. The first-order valence-corrected chi connectivity index (χ1v) is 5.60. The third-order valence-corrected chi connectivity index (χ3v) is 2.63. The molecule has 6 heteroatoms. The van der Waals surface area contributed by atoms with E-state index in [4.69, 9.17) is 5.11 Å². The van der Waals surface area contributed by atoms with E-state index in [1.807, 2.05) is 0 Å².